The minimum atomic E-state index is 0.0422. The van der Waals surface area contributed by atoms with Crippen LogP contribution in [0.15, 0.2) is 48.7 Å². The Balaban J connectivity index is 1.25. The number of likely N-dealkylation sites (N-methyl/N-ethyl adjacent to an activating group) is 1. The smallest absolute Gasteiger partial charge is 0.223 e. The number of likely N-dealkylation sites (tertiary alicyclic amines) is 1. The number of aromatic nitrogens is 1. The third kappa shape index (κ3) is 5.52. The van der Waals surface area contributed by atoms with E-state index in [2.05, 4.69) is 69.5 Å². The van der Waals surface area contributed by atoms with Gasteiger partial charge in [-0.2, -0.15) is 0 Å². The van der Waals surface area contributed by atoms with Gasteiger partial charge in [0.2, 0.25) is 11.8 Å². The molecule has 1 aromatic carbocycles. The van der Waals surface area contributed by atoms with Gasteiger partial charge < -0.3 is 15.0 Å². The fourth-order valence-electron chi connectivity index (χ4n) is 6.17. The lowest BCUT2D eigenvalue weighted by Gasteiger charge is -2.39. The Kier molecular flexibility index (Phi) is 7.37. The molecular weight excluding hydrogens is 438 g/mol. The number of nitrogens with zero attached hydrogens (tertiary/aromatic N) is 2. The second kappa shape index (κ2) is 10.6. The quantitative estimate of drug-likeness (QED) is 0.592. The monoisotopic (exact) mass is 477 g/mol. The van der Waals surface area contributed by atoms with Crippen LogP contribution in [0.25, 0.3) is 0 Å². The average molecular weight is 478 g/mol. The number of ether oxygens (including phenoxy) is 1. The van der Waals surface area contributed by atoms with Gasteiger partial charge >= 0.3 is 0 Å². The van der Waals surface area contributed by atoms with Crippen LogP contribution in [-0.4, -0.2) is 54.1 Å². The van der Waals surface area contributed by atoms with Crippen LogP contribution in [0.5, 0.6) is 5.88 Å². The van der Waals surface area contributed by atoms with Gasteiger partial charge in [-0.1, -0.05) is 36.4 Å². The van der Waals surface area contributed by atoms with Gasteiger partial charge in [0.1, 0.15) is 0 Å². The molecule has 3 heterocycles. The molecule has 0 radical (unpaired) electrons. The van der Waals surface area contributed by atoms with Crippen molar-refractivity contribution >= 4 is 5.91 Å². The van der Waals surface area contributed by atoms with Crippen molar-refractivity contribution in [1.29, 1.82) is 0 Å². The lowest BCUT2D eigenvalue weighted by molar-refractivity contribution is -0.127. The molecule has 7 nitrogen and oxygen atoms in total. The normalized spacial score (nSPS) is 31.2. The highest BCUT2D eigenvalue weighted by atomic mass is 16.5. The molecule has 3 fully saturated rings. The van der Waals surface area contributed by atoms with Crippen LogP contribution in [0, 0.1) is 11.8 Å². The number of piperidine rings is 1. The highest BCUT2D eigenvalue weighted by Gasteiger charge is 2.43. The zero-order valence-electron chi connectivity index (χ0n) is 21.1. The van der Waals surface area contributed by atoms with E-state index in [9.17, 15) is 4.79 Å². The number of rotatable bonds is 6. The second-order valence-electron chi connectivity index (χ2n) is 10.8. The molecule has 1 aliphatic carbocycles. The van der Waals surface area contributed by atoms with Crippen molar-refractivity contribution < 1.29 is 9.53 Å². The first-order chi connectivity index (χ1) is 17.0. The summed E-state index contributed by atoms with van der Waals surface area (Å²) in [5.74, 6) is 1.64. The van der Waals surface area contributed by atoms with E-state index in [0.29, 0.717) is 23.8 Å². The van der Waals surface area contributed by atoms with E-state index in [1.54, 1.807) is 0 Å². The number of hydrogen-bond acceptors (Lipinski definition) is 6. The number of hydrazine groups is 1. The number of benzene rings is 1. The molecule has 2 aromatic rings. The lowest BCUT2D eigenvalue weighted by Crippen LogP contribution is -2.52. The van der Waals surface area contributed by atoms with Crippen LogP contribution in [0.1, 0.15) is 62.6 Å². The Morgan fingerprint density at radius 3 is 2.66 bits per heavy atom. The van der Waals surface area contributed by atoms with Crippen molar-refractivity contribution in [1.82, 2.24) is 26.1 Å². The van der Waals surface area contributed by atoms with Crippen LogP contribution in [-0.2, 0) is 4.79 Å². The maximum Gasteiger partial charge on any atom is 0.223 e. The van der Waals surface area contributed by atoms with Crippen molar-refractivity contribution in [2.75, 3.05) is 20.1 Å². The minimum absolute atomic E-state index is 0.0422. The third-order valence-corrected chi connectivity index (χ3v) is 7.97. The molecule has 1 saturated carbocycles. The summed E-state index contributed by atoms with van der Waals surface area (Å²) in [6, 6.07) is 15.4. The Bertz CT molecular complexity index is 983. The molecule has 0 bridgehead atoms. The molecule has 1 amide bonds. The van der Waals surface area contributed by atoms with E-state index in [1.165, 1.54) is 5.56 Å². The summed E-state index contributed by atoms with van der Waals surface area (Å²) in [4.78, 5) is 20.4. The summed E-state index contributed by atoms with van der Waals surface area (Å²) in [7, 11) is 2.15. The van der Waals surface area contributed by atoms with Gasteiger partial charge in [-0.15, -0.1) is 0 Å². The lowest BCUT2D eigenvalue weighted by atomic mass is 9.74. The average Bonchev–Trinajstić information content (AvgIpc) is 3.28. The van der Waals surface area contributed by atoms with E-state index >= 15 is 0 Å². The molecule has 2 aliphatic heterocycles. The summed E-state index contributed by atoms with van der Waals surface area (Å²) in [6.45, 7) is 5.96. The molecule has 0 spiro atoms. The molecular formula is C28H39N5O2. The molecule has 6 atom stereocenters. The molecule has 188 valence electrons. The SMILES string of the molecule is CC(C)Oc1ccc(C2NNC3CCC(C(=O)N[C@@H]4CN(C)CC[C@H]4c4ccccc4)CC32)cn1. The van der Waals surface area contributed by atoms with Crippen molar-refractivity contribution in [2.24, 2.45) is 11.8 Å². The fraction of sp³-hybridized carbons (Fsp3) is 0.571. The predicted molar refractivity (Wildman–Crippen MR) is 137 cm³/mol. The number of carbonyl (C=O) groups excluding carboxylic acids is 1. The van der Waals surface area contributed by atoms with Crippen molar-refractivity contribution in [3.05, 3.63) is 59.8 Å². The first-order valence-electron chi connectivity index (χ1n) is 13.2. The summed E-state index contributed by atoms with van der Waals surface area (Å²) in [6.07, 6.45) is 5.88. The van der Waals surface area contributed by atoms with Gasteiger partial charge in [0.25, 0.3) is 0 Å². The van der Waals surface area contributed by atoms with E-state index < -0.39 is 0 Å². The number of carbonyl (C=O) groups is 1. The molecule has 4 unspecified atom stereocenters. The maximum atomic E-state index is 13.5. The molecule has 5 rings (SSSR count). The summed E-state index contributed by atoms with van der Waals surface area (Å²) < 4.78 is 5.70. The Morgan fingerprint density at radius 1 is 1.09 bits per heavy atom. The van der Waals surface area contributed by atoms with Crippen molar-refractivity contribution in [2.45, 2.75) is 69.7 Å². The predicted octanol–water partition coefficient (Wildman–Crippen LogP) is 3.41. The molecule has 3 aliphatic rings. The van der Waals surface area contributed by atoms with E-state index in [-0.39, 0.29) is 30.0 Å². The summed E-state index contributed by atoms with van der Waals surface area (Å²) >= 11 is 0. The molecule has 35 heavy (non-hydrogen) atoms. The number of amides is 1. The second-order valence-corrected chi connectivity index (χ2v) is 10.8. The van der Waals surface area contributed by atoms with Crippen LogP contribution < -0.4 is 20.9 Å². The largest absolute Gasteiger partial charge is 0.475 e. The molecule has 7 heteroatoms. The Morgan fingerprint density at radius 2 is 1.91 bits per heavy atom. The zero-order valence-corrected chi connectivity index (χ0v) is 21.1. The molecule has 2 saturated heterocycles. The van der Waals surface area contributed by atoms with E-state index in [1.807, 2.05) is 26.1 Å². The Labute approximate surface area is 209 Å². The third-order valence-electron chi connectivity index (χ3n) is 7.97. The topological polar surface area (TPSA) is 78.5 Å². The number of hydrogen-bond donors (Lipinski definition) is 3. The van der Waals surface area contributed by atoms with Crippen LogP contribution >= 0.6 is 0 Å². The Hall–Kier alpha value is -2.48. The number of pyridine rings is 1. The first-order valence-corrected chi connectivity index (χ1v) is 13.2. The minimum Gasteiger partial charge on any atom is -0.475 e. The van der Waals surface area contributed by atoms with Crippen LogP contribution in [0.3, 0.4) is 0 Å². The van der Waals surface area contributed by atoms with Gasteiger partial charge in [0, 0.05) is 42.7 Å². The zero-order chi connectivity index (χ0) is 24.4. The van der Waals surface area contributed by atoms with E-state index in [4.69, 9.17) is 4.74 Å². The molecule has 3 N–H and O–H groups in total. The standard InChI is InChI=1S/C28H39N5O2/c1-18(2)35-26-12-10-21(16-29-26)27-23-15-20(9-11-24(23)31-32-27)28(34)30-25-17-33(3)14-13-22(25)19-7-5-4-6-8-19/h4-8,10,12,16,18,20,22-25,27,31-32H,9,11,13-15,17H2,1-3H3,(H,30,34)/t20?,22-,23?,24?,25+,27?/m0/s1. The van der Waals surface area contributed by atoms with Gasteiger partial charge in [0.05, 0.1) is 12.1 Å². The van der Waals surface area contributed by atoms with Crippen LogP contribution in [0.4, 0.5) is 0 Å². The summed E-state index contributed by atoms with van der Waals surface area (Å²) in [5, 5.41) is 3.48. The highest BCUT2D eigenvalue weighted by molar-refractivity contribution is 5.79. The van der Waals surface area contributed by atoms with Crippen molar-refractivity contribution in [3.63, 3.8) is 0 Å². The van der Waals surface area contributed by atoms with E-state index in [0.717, 1.165) is 44.3 Å². The van der Waals surface area contributed by atoms with Gasteiger partial charge in [0.15, 0.2) is 0 Å². The number of nitrogens with one attached hydrogen (secondary N) is 3. The summed E-state index contributed by atoms with van der Waals surface area (Å²) in [5.41, 5.74) is 9.43. The highest BCUT2D eigenvalue weighted by Crippen LogP contribution is 2.41. The first kappa shape index (κ1) is 24.2. The van der Waals surface area contributed by atoms with Gasteiger partial charge in [-0.05, 0) is 70.2 Å². The van der Waals surface area contributed by atoms with Crippen LogP contribution in [0.2, 0.25) is 0 Å². The van der Waals surface area contributed by atoms with Gasteiger partial charge in [-0.3, -0.25) is 10.2 Å². The fourth-order valence-corrected chi connectivity index (χ4v) is 6.17. The number of fused-ring (bicyclic) bond motifs is 1. The van der Waals surface area contributed by atoms with Crippen molar-refractivity contribution in [3.8, 4) is 5.88 Å². The maximum absolute atomic E-state index is 13.5. The molecule has 1 aromatic heterocycles. The van der Waals surface area contributed by atoms with Gasteiger partial charge in [-0.25, -0.2) is 10.4 Å².